The number of hydrogen-bond donors (Lipinski definition) is 0. The van der Waals surface area contributed by atoms with Gasteiger partial charge in [0.05, 0.1) is 0 Å². The van der Waals surface area contributed by atoms with Gasteiger partial charge in [0.15, 0.2) is 0 Å². The molecule has 126 valence electrons. The van der Waals surface area contributed by atoms with E-state index in [0.29, 0.717) is 5.16 Å². The smallest absolute Gasteiger partial charge is 0.314 e. The molecule has 0 bridgehead atoms. The Balaban J connectivity index is 5.37. The van der Waals surface area contributed by atoms with Crippen LogP contribution in [0.1, 0.15) is 0 Å². The zero-order valence-electron chi connectivity index (χ0n) is 8.77. The molecular formula is C6F13NO. The van der Waals surface area contributed by atoms with E-state index < -0.39 is 36.3 Å². The normalized spacial score (nSPS) is 16.1. The Kier molecular flexibility index (Phi) is 4.73. The summed E-state index contributed by atoms with van der Waals surface area (Å²) in [5, 5.41) is 0.664. The monoisotopic (exact) mass is 349 g/mol. The van der Waals surface area contributed by atoms with Crippen LogP contribution in [0.25, 0.3) is 0 Å². The Morgan fingerprint density at radius 3 is 1.33 bits per heavy atom. The van der Waals surface area contributed by atoms with Gasteiger partial charge in [0, 0.05) is 0 Å². The number of nitrogens with zero attached hydrogens (tertiary/aromatic N) is 1. The Bertz CT molecular complexity index is 404. The molecule has 0 aliphatic rings. The minimum atomic E-state index is -7.03. The fourth-order valence-electron chi connectivity index (χ4n) is 0.494. The van der Waals surface area contributed by atoms with Gasteiger partial charge in [-0.2, -0.15) is 57.1 Å². The first kappa shape index (κ1) is 19.6. The molecule has 0 saturated carbocycles. The van der Waals surface area contributed by atoms with Crippen molar-refractivity contribution < 1.29 is 61.9 Å². The molecule has 0 fully saturated rings. The van der Waals surface area contributed by atoms with Crippen LogP contribution in [0.5, 0.6) is 0 Å². The Morgan fingerprint density at radius 1 is 0.667 bits per heavy atom. The molecule has 0 aliphatic heterocycles. The summed E-state index contributed by atoms with van der Waals surface area (Å²) >= 11 is 0. The van der Waals surface area contributed by atoms with Crippen LogP contribution in [0.4, 0.5) is 57.1 Å². The molecule has 0 rings (SSSR count). The van der Waals surface area contributed by atoms with E-state index in [2.05, 4.69) is 0 Å². The molecule has 0 N–H and O–H groups in total. The van der Waals surface area contributed by atoms with E-state index >= 15 is 0 Å². The Morgan fingerprint density at radius 2 is 1.05 bits per heavy atom. The van der Waals surface area contributed by atoms with E-state index in [0.717, 1.165) is 0 Å². The van der Waals surface area contributed by atoms with Gasteiger partial charge in [0.1, 0.15) is 0 Å². The van der Waals surface area contributed by atoms with Gasteiger partial charge in [0.25, 0.3) is 0 Å². The molecule has 2 nitrogen and oxygen atoms in total. The highest BCUT2D eigenvalue weighted by atomic mass is 19.4. The average molecular weight is 349 g/mol. The minimum absolute atomic E-state index is 0.664. The average Bonchev–Trinajstić information content (AvgIpc) is 2.22. The Labute approximate surface area is 105 Å². The first-order valence-electron chi connectivity index (χ1n) is 4.07. The lowest BCUT2D eigenvalue weighted by atomic mass is 10.3. The SMILES string of the molecule is F/C(=N\OC(F)(F)C(F)(F)C(F)(F)F)C(F)(F)C(F)(F)F. The van der Waals surface area contributed by atoms with Gasteiger partial charge < -0.3 is 4.84 Å². The maximum absolute atomic E-state index is 12.3. The summed E-state index contributed by atoms with van der Waals surface area (Å²) in [7, 11) is 0. The molecule has 0 aromatic carbocycles. The molecule has 0 unspecified atom stereocenters. The van der Waals surface area contributed by atoms with Gasteiger partial charge in [0.2, 0.25) is 0 Å². The van der Waals surface area contributed by atoms with Crippen LogP contribution in [0.15, 0.2) is 5.16 Å². The van der Waals surface area contributed by atoms with Gasteiger partial charge >= 0.3 is 36.3 Å². The van der Waals surface area contributed by atoms with Crippen molar-refractivity contribution in [2.45, 2.75) is 30.3 Å². The molecule has 0 spiro atoms. The lowest BCUT2D eigenvalue weighted by Gasteiger charge is -2.25. The van der Waals surface area contributed by atoms with Crippen molar-refractivity contribution in [3.63, 3.8) is 0 Å². The first-order valence-corrected chi connectivity index (χ1v) is 4.07. The molecule has 0 aromatic heterocycles. The van der Waals surface area contributed by atoms with Crippen molar-refractivity contribution in [1.29, 1.82) is 0 Å². The van der Waals surface area contributed by atoms with Gasteiger partial charge in [-0.25, -0.2) is 0 Å². The Hall–Kier alpha value is -1.44. The molecule has 0 aliphatic carbocycles. The lowest BCUT2D eigenvalue weighted by molar-refractivity contribution is -0.425. The van der Waals surface area contributed by atoms with Crippen LogP contribution < -0.4 is 0 Å². The summed E-state index contributed by atoms with van der Waals surface area (Å²) in [6.45, 7) is 0. The maximum atomic E-state index is 12.3. The number of hydrogen-bond acceptors (Lipinski definition) is 2. The van der Waals surface area contributed by atoms with E-state index in [4.69, 9.17) is 0 Å². The van der Waals surface area contributed by atoms with Crippen LogP contribution >= 0.6 is 0 Å². The summed E-state index contributed by atoms with van der Waals surface area (Å²) in [6, 6.07) is 0. The van der Waals surface area contributed by atoms with Crippen molar-refractivity contribution in [3.05, 3.63) is 0 Å². The van der Waals surface area contributed by atoms with E-state index in [1.165, 1.54) is 0 Å². The minimum Gasteiger partial charge on any atom is -0.314 e. The van der Waals surface area contributed by atoms with Crippen LogP contribution in [-0.4, -0.2) is 36.3 Å². The number of halogens is 13. The number of rotatable bonds is 4. The second-order valence-electron chi connectivity index (χ2n) is 3.13. The topological polar surface area (TPSA) is 21.6 Å². The molecule has 0 saturated heterocycles. The predicted molar refractivity (Wildman–Crippen MR) is 36.6 cm³/mol. The summed E-state index contributed by atoms with van der Waals surface area (Å²) in [6.07, 6.45) is -20.4. The third-order valence-corrected chi connectivity index (χ3v) is 1.58. The molecule has 21 heavy (non-hydrogen) atoms. The predicted octanol–water partition coefficient (Wildman–Crippen LogP) is 4.27. The first-order chi connectivity index (χ1) is 8.88. The van der Waals surface area contributed by atoms with E-state index in [9.17, 15) is 57.1 Å². The highest BCUT2D eigenvalue weighted by Crippen LogP contribution is 2.47. The van der Waals surface area contributed by atoms with E-state index in [1.54, 1.807) is 0 Å². The van der Waals surface area contributed by atoms with Gasteiger partial charge in [-0.05, 0) is 5.16 Å². The highest BCUT2D eigenvalue weighted by molar-refractivity contribution is 5.82. The largest absolute Gasteiger partial charge is 0.493 e. The van der Waals surface area contributed by atoms with Crippen LogP contribution in [0, 0.1) is 0 Å². The zero-order valence-corrected chi connectivity index (χ0v) is 8.77. The van der Waals surface area contributed by atoms with Crippen molar-refractivity contribution in [2.24, 2.45) is 5.16 Å². The summed E-state index contributed by atoms with van der Waals surface area (Å²) in [5.74, 6) is -17.7. The van der Waals surface area contributed by atoms with Crippen molar-refractivity contribution in [2.75, 3.05) is 0 Å². The van der Waals surface area contributed by atoms with Crippen LogP contribution in [0.3, 0.4) is 0 Å². The summed E-state index contributed by atoms with van der Waals surface area (Å²) in [5.41, 5.74) is 0. The van der Waals surface area contributed by atoms with E-state index in [1.807, 2.05) is 4.84 Å². The third kappa shape index (κ3) is 3.61. The standard InChI is InChI=1S/C6F13NO/c7-1(2(8,9)4(12,13)14)20-21-6(18,19)3(10,11)5(15,16)17/b20-1-. The molecular weight excluding hydrogens is 349 g/mol. The molecule has 0 radical (unpaired) electrons. The van der Waals surface area contributed by atoms with Crippen molar-refractivity contribution >= 4 is 5.97 Å². The van der Waals surface area contributed by atoms with Gasteiger partial charge in [-0.3, -0.25) is 0 Å². The highest BCUT2D eigenvalue weighted by Gasteiger charge is 2.76. The molecule has 0 amide bonds. The zero-order chi connectivity index (χ0) is 17.5. The number of alkyl halides is 12. The quantitative estimate of drug-likeness (QED) is 0.422. The summed E-state index contributed by atoms with van der Waals surface area (Å²) in [4.78, 5) is 1.89. The third-order valence-electron chi connectivity index (χ3n) is 1.58. The van der Waals surface area contributed by atoms with Crippen LogP contribution in [-0.2, 0) is 4.84 Å². The van der Waals surface area contributed by atoms with Crippen molar-refractivity contribution in [3.8, 4) is 0 Å². The van der Waals surface area contributed by atoms with Crippen LogP contribution in [0.2, 0.25) is 0 Å². The molecule has 15 heteroatoms. The van der Waals surface area contributed by atoms with E-state index in [-0.39, 0.29) is 0 Å². The second kappa shape index (κ2) is 5.08. The molecule has 0 aromatic rings. The number of oxime groups is 1. The van der Waals surface area contributed by atoms with Crippen molar-refractivity contribution in [1.82, 2.24) is 0 Å². The fourth-order valence-corrected chi connectivity index (χ4v) is 0.494. The van der Waals surface area contributed by atoms with Gasteiger partial charge in [-0.1, -0.05) is 0 Å². The lowest BCUT2D eigenvalue weighted by Crippen LogP contribution is -2.53. The maximum Gasteiger partial charge on any atom is 0.493 e. The fraction of sp³-hybridized carbons (Fsp3) is 0.833. The molecule has 0 atom stereocenters. The van der Waals surface area contributed by atoms with Gasteiger partial charge in [-0.15, -0.1) is 0 Å². The summed E-state index contributed by atoms with van der Waals surface area (Å²) < 4.78 is 154. The molecule has 0 heterocycles. The second-order valence-corrected chi connectivity index (χ2v) is 3.13.